The van der Waals surface area contributed by atoms with Crippen LogP contribution < -0.4 is 5.32 Å². The van der Waals surface area contributed by atoms with Gasteiger partial charge in [-0.1, -0.05) is 6.07 Å². The van der Waals surface area contributed by atoms with E-state index in [0.29, 0.717) is 10.0 Å². The van der Waals surface area contributed by atoms with E-state index in [9.17, 15) is 9.18 Å². The smallest absolute Gasteiger partial charge is 0.355 e. The second-order valence-corrected chi connectivity index (χ2v) is 5.04. The molecule has 0 aliphatic carbocycles. The van der Waals surface area contributed by atoms with Gasteiger partial charge in [-0.15, -0.1) is 11.3 Å². The molecule has 1 aromatic carbocycles. The van der Waals surface area contributed by atoms with Crippen LogP contribution in [0.3, 0.4) is 0 Å². The molecule has 4 nitrogen and oxygen atoms in total. The van der Waals surface area contributed by atoms with Crippen molar-refractivity contribution in [2.24, 2.45) is 0 Å². The number of aryl methyl sites for hydroxylation is 2. The summed E-state index contributed by atoms with van der Waals surface area (Å²) in [5, 5.41) is 12.0. The average Bonchev–Trinajstić information content (AvgIpc) is 2.64. The van der Waals surface area contributed by atoms with Crippen molar-refractivity contribution in [3.8, 4) is 0 Å². The zero-order valence-electron chi connectivity index (χ0n) is 9.82. The Bertz CT molecular complexity index is 610. The second-order valence-electron chi connectivity index (χ2n) is 3.84. The van der Waals surface area contributed by atoms with Crippen molar-refractivity contribution in [1.29, 1.82) is 0 Å². The van der Waals surface area contributed by atoms with Gasteiger partial charge in [-0.05, 0) is 31.5 Å². The molecular formula is C12H11FN2O2S. The molecule has 0 aliphatic heterocycles. The first-order valence-electron chi connectivity index (χ1n) is 5.21. The van der Waals surface area contributed by atoms with Gasteiger partial charge in [0.05, 0.1) is 5.69 Å². The molecule has 2 rings (SSSR count). The van der Waals surface area contributed by atoms with Gasteiger partial charge in [-0.25, -0.2) is 14.2 Å². The van der Waals surface area contributed by atoms with Gasteiger partial charge in [-0.3, -0.25) is 0 Å². The molecule has 2 aromatic rings. The summed E-state index contributed by atoms with van der Waals surface area (Å²) in [5.74, 6) is -1.47. The molecule has 0 radical (unpaired) electrons. The van der Waals surface area contributed by atoms with Crippen molar-refractivity contribution < 1.29 is 14.3 Å². The Balaban J connectivity index is 2.29. The first kappa shape index (κ1) is 12.5. The predicted molar refractivity (Wildman–Crippen MR) is 68.2 cm³/mol. The molecule has 0 unspecified atom stereocenters. The Morgan fingerprint density at radius 1 is 1.44 bits per heavy atom. The first-order valence-corrected chi connectivity index (χ1v) is 6.03. The van der Waals surface area contributed by atoms with Gasteiger partial charge in [0, 0.05) is 4.88 Å². The number of benzene rings is 1. The molecule has 0 bridgehead atoms. The predicted octanol–water partition coefficient (Wildman–Crippen LogP) is 3.34. The highest BCUT2D eigenvalue weighted by Gasteiger charge is 2.14. The van der Waals surface area contributed by atoms with E-state index < -0.39 is 5.97 Å². The van der Waals surface area contributed by atoms with Crippen molar-refractivity contribution in [3.05, 3.63) is 40.2 Å². The topological polar surface area (TPSA) is 62.2 Å². The average molecular weight is 266 g/mol. The van der Waals surface area contributed by atoms with Crippen LogP contribution in [0.2, 0.25) is 0 Å². The Morgan fingerprint density at radius 2 is 2.17 bits per heavy atom. The quantitative estimate of drug-likeness (QED) is 0.894. The van der Waals surface area contributed by atoms with Gasteiger partial charge in [0.15, 0.2) is 10.8 Å². The maximum absolute atomic E-state index is 13.6. The highest BCUT2D eigenvalue weighted by atomic mass is 32.1. The van der Waals surface area contributed by atoms with Crippen LogP contribution in [0.1, 0.15) is 20.9 Å². The number of hydrogen-bond acceptors (Lipinski definition) is 4. The van der Waals surface area contributed by atoms with E-state index in [0.717, 1.165) is 5.56 Å². The number of halogens is 1. The van der Waals surface area contributed by atoms with Crippen molar-refractivity contribution in [3.63, 3.8) is 0 Å². The van der Waals surface area contributed by atoms with Crippen LogP contribution in [0.15, 0.2) is 18.2 Å². The van der Waals surface area contributed by atoms with E-state index in [-0.39, 0.29) is 17.2 Å². The lowest BCUT2D eigenvalue weighted by atomic mass is 10.2. The lowest BCUT2D eigenvalue weighted by molar-refractivity contribution is 0.0690. The van der Waals surface area contributed by atoms with Crippen LogP contribution in [0.5, 0.6) is 0 Å². The van der Waals surface area contributed by atoms with Gasteiger partial charge < -0.3 is 10.4 Å². The summed E-state index contributed by atoms with van der Waals surface area (Å²) in [5.41, 5.74) is 1.10. The van der Waals surface area contributed by atoms with Gasteiger partial charge >= 0.3 is 5.97 Å². The van der Waals surface area contributed by atoms with Crippen molar-refractivity contribution >= 4 is 28.1 Å². The van der Waals surface area contributed by atoms with Crippen molar-refractivity contribution in [2.75, 3.05) is 5.32 Å². The molecule has 18 heavy (non-hydrogen) atoms. The summed E-state index contributed by atoms with van der Waals surface area (Å²) >= 11 is 1.18. The molecule has 0 saturated carbocycles. The van der Waals surface area contributed by atoms with Gasteiger partial charge in [-0.2, -0.15) is 0 Å². The summed E-state index contributed by atoms with van der Waals surface area (Å²) in [6.07, 6.45) is 0. The lowest BCUT2D eigenvalue weighted by Crippen LogP contribution is -1.99. The molecule has 0 amide bonds. The fraction of sp³-hybridized carbons (Fsp3) is 0.167. The molecule has 94 valence electrons. The molecule has 6 heteroatoms. The van der Waals surface area contributed by atoms with Crippen LogP contribution >= 0.6 is 11.3 Å². The summed E-state index contributed by atoms with van der Waals surface area (Å²) < 4.78 is 13.6. The standard InChI is InChI=1S/C12H11FN2O2S/c1-6-3-4-9(8(13)5-6)14-12-15-10(11(16)17)7(2)18-12/h3-5H,1-2H3,(H,14,15)(H,16,17). The van der Waals surface area contributed by atoms with E-state index in [4.69, 9.17) is 5.11 Å². The molecule has 0 saturated heterocycles. The third-order valence-corrected chi connectivity index (χ3v) is 3.25. The molecule has 0 fully saturated rings. The third kappa shape index (κ3) is 2.48. The maximum atomic E-state index is 13.6. The number of thiazole rings is 1. The highest BCUT2D eigenvalue weighted by molar-refractivity contribution is 7.15. The summed E-state index contributed by atoms with van der Waals surface area (Å²) in [6.45, 7) is 3.46. The molecule has 2 N–H and O–H groups in total. The number of anilines is 2. The van der Waals surface area contributed by atoms with E-state index in [1.54, 1.807) is 26.0 Å². The molecule has 0 spiro atoms. The first-order chi connectivity index (χ1) is 8.47. The van der Waals surface area contributed by atoms with Crippen molar-refractivity contribution in [2.45, 2.75) is 13.8 Å². The molecular weight excluding hydrogens is 255 g/mol. The SMILES string of the molecule is Cc1ccc(Nc2nc(C(=O)O)c(C)s2)c(F)c1. The van der Waals surface area contributed by atoms with Crippen molar-refractivity contribution in [1.82, 2.24) is 4.98 Å². The van der Waals surface area contributed by atoms with Crippen LogP contribution in [-0.2, 0) is 0 Å². The fourth-order valence-corrected chi connectivity index (χ4v) is 2.30. The lowest BCUT2D eigenvalue weighted by Gasteiger charge is -2.04. The highest BCUT2D eigenvalue weighted by Crippen LogP contribution is 2.27. The number of nitrogens with zero attached hydrogens (tertiary/aromatic N) is 1. The Kier molecular flexibility index (Phi) is 3.29. The summed E-state index contributed by atoms with van der Waals surface area (Å²) in [4.78, 5) is 15.3. The fourth-order valence-electron chi connectivity index (χ4n) is 1.49. The van der Waals surface area contributed by atoms with Crippen LogP contribution in [0, 0.1) is 19.7 Å². The van der Waals surface area contributed by atoms with E-state index in [1.807, 2.05) is 0 Å². The van der Waals surface area contributed by atoms with Crippen LogP contribution in [-0.4, -0.2) is 16.1 Å². The minimum atomic E-state index is -1.08. The molecule has 1 aromatic heterocycles. The monoisotopic (exact) mass is 266 g/mol. The number of aromatic nitrogens is 1. The largest absolute Gasteiger partial charge is 0.476 e. The number of rotatable bonds is 3. The summed E-state index contributed by atoms with van der Waals surface area (Å²) in [6, 6.07) is 4.77. The minimum absolute atomic E-state index is 0.00461. The second kappa shape index (κ2) is 4.73. The van der Waals surface area contributed by atoms with Gasteiger partial charge in [0.2, 0.25) is 0 Å². The number of carbonyl (C=O) groups is 1. The Morgan fingerprint density at radius 3 is 2.72 bits per heavy atom. The van der Waals surface area contributed by atoms with Crippen LogP contribution in [0.25, 0.3) is 0 Å². The third-order valence-electron chi connectivity index (χ3n) is 2.37. The number of carboxylic acid groups (broad SMARTS) is 1. The molecule has 0 atom stereocenters. The van der Waals surface area contributed by atoms with E-state index >= 15 is 0 Å². The zero-order chi connectivity index (χ0) is 13.3. The molecule has 0 aliphatic rings. The zero-order valence-corrected chi connectivity index (χ0v) is 10.6. The normalized spacial score (nSPS) is 10.4. The van der Waals surface area contributed by atoms with Gasteiger partial charge in [0.1, 0.15) is 5.82 Å². The van der Waals surface area contributed by atoms with E-state index in [2.05, 4.69) is 10.3 Å². The number of hydrogen-bond donors (Lipinski definition) is 2. The Labute approximate surface area is 107 Å². The van der Waals surface area contributed by atoms with Crippen LogP contribution in [0.4, 0.5) is 15.2 Å². The maximum Gasteiger partial charge on any atom is 0.355 e. The minimum Gasteiger partial charge on any atom is -0.476 e. The number of nitrogens with one attached hydrogen (secondary N) is 1. The summed E-state index contributed by atoms with van der Waals surface area (Å²) in [7, 11) is 0. The number of aromatic carboxylic acids is 1. The van der Waals surface area contributed by atoms with Gasteiger partial charge in [0.25, 0.3) is 0 Å². The van der Waals surface area contributed by atoms with E-state index in [1.165, 1.54) is 17.4 Å². The number of carboxylic acids is 1. The Hall–Kier alpha value is -1.95. The molecule has 1 heterocycles.